The molecule has 0 aliphatic heterocycles. The van der Waals surface area contributed by atoms with Gasteiger partial charge in [-0.15, -0.1) is 11.8 Å². The molecule has 0 aliphatic carbocycles. The third kappa shape index (κ3) is 6.10. The maximum absolute atomic E-state index is 13.1. The van der Waals surface area contributed by atoms with Gasteiger partial charge in [0.2, 0.25) is 11.8 Å². The zero-order chi connectivity index (χ0) is 19.8. The lowest BCUT2D eigenvalue weighted by Gasteiger charge is -2.28. The summed E-state index contributed by atoms with van der Waals surface area (Å²) >= 11 is 1.52. The number of nitrogens with one attached hydrogen (secondary N) is 1. The molecule has 1 N–H and O–H groups in total. The molecule has 27 heavy (non-hydrogen) atoms. The van der Waals surface area contributed by atoms with E-state index < -0.39 is 6.04 Å². The van der Waals surface area contributed by atoms with Crippen molar-refractivity contribution in [3.8, 4) is 0 Å². The van der Waals surface area contributed by atoms with Crippen LogP contribution in [0.25, 0.3) is 0 Å². The molecule has 0 aliphatic rings. The van der Waals surface area contributed by atoms with Crippen LogP contribution in [0.4, 0.5) is 4.39 Å². The number of likely N-dealkylation sites (N-methyl/N-ethyl adjacent to an activating group) is 1. The first-order valence-electron chi connectivity index (χ1n) is 8.80. The fourth-order valence-electron chi connectivity index (χ4n) is 2.68. The van der Waals surface area contributed by atoms with E-state index in [1.54, 1.807) is 26.1 Å². The van der Waals surface area contributed by atoms with Crippen molar-refractivity contribution in [3.05, 3.63) is 71.0 Å². The summed E-state index contributed by atoms with van der Waals surface area (Å²) in [5.74, 6) is 0.335. The van der Waals surface area contributed by atoms with Crippen LogP contribution in [0.15, 0.2) is 48.5 Å². The Hall–Kier alpha value is -2.34. The Morgan fingerprint density at radius 2 is 1.81 bits per heavy atom. The van der Waals surface area contributed by atoms with Crippen molar-refractivity contribution in [2.24, 2.45) is 0 Å². The lowest BCUT2D eigenvalue weighted by Crippen LogP contribution is -2.47. The van der Waals surface area contributed by atoms with Gasteiger partial charge in [0.1, 0.15) is 11.9 Å². The molecule has 4 nitrogen and oxygen atoms in total. The van der Waals surface area contributed by atoms with E-state index in [-0.39, 0.29) is 29.9 Å². The van der Waals surface area contributed by atoms with E-state index in [4.69, 9.17) is 0 Å². The molecule has 0 fully saturated rings. The maximum Gasteiger partial charge on any atom is 0.242 e. The van der Waals surface area contributed by atoms with Crippen LogP contribution in [0, 0.1) is 12.7 Å². The van der Waals surface area contributed by atoms with Gasteiger partial charge >= 0.3 is 0 Å². The number of thioether (sulfide) groups is 1. The molecule has 2 aromatic carbocycles. The first-order valence-corrected chi connectivity index (χ1v) is 9.95. The quantitative estimate of drug-likeness (QED) is 0.753. The molecule has 2 rings (SSSR count). The molecule has 0 aromatic heterocycles. The van der Waals surface area contributed by atoms with Crippen LogP contribution < -0.4 is 5.32 Å². The van der Waals surface area contributed by atoms with E-state index in [1.807, 2.05) is 25.1 Å². The van der Waals surface area contributed by atoms with Gasteiger partial charge in [-0.25, -0.2) is 4.39 Å². The van der Waals surface area contributed by atoms with Crippen LogP contribution in [-0.4, -0.2) is 35.6 Å². The average Bonchev–Trinajstić information content (AvgIpc) is 2.67. The number of aryl methyl sites for hydroxylation is 1. The van der Waals surface area contributed by atoms with Gasteiger partial charge in [0.25, 0.3) is 0 Å². The number of nitrogens with zero attached hydrogens (tertiary/aromatic N) is 1. The SMILES string of the molecule is CNC(=O)[C@@H](C)N(Cc1ccc(F)cc1)C(=O)CSCc1ccccc1C. The molecule has 0 bridgehead atoms. The number of benzene rings is 2. The van der Waals surface area contributed by atoms with E-state index in [1.165, 1.54) is 39.9 Å². The van der Waals surface area contributed by atoms with E-state index in [2.05, 4.69) is 11.4 Å². The molecule has 0 unspecified atom stereocenters. The molecule has 6 heteroatoms. The number of carbonyl (C=O) groups is 2. The Kier molecular flexibility index (Phi) is 7.85. The molecule has 2 aromatic rings. The fourth-order valence-corrected chi connectivity index (χ4v) is 3.67. The monoisotopic (exact) mass is 388 g/mol. The van der Waals surface area contributed by atoms with E-state index in [0.29, 0.717) is 0 Å². The first-order chi connectivity index (χ1) is 12.9. The van der Waals surface area contributed by atoms with Gasteiger partial charge in [-0.3, -0.25) is 9.59 Å². The Balaban J connectivity index is 2.04. The molecule has 0 radical (unpaired) electrons. The van der Waals surface area contributed by atoms with Gasteiger partial charge in [-0.1, -0.05) is 36.4 Å². The fraction of sp³-hybridized carbons (Fsp3) is 0.333. The number of hydrogen-bond acceptors (Lipinski definition) is 3. The molecule has 0 heterocycles. The van der Waals surface area contributed by atoms with E-state index in [9.17, 15) is 14.0 Å². The lowest BCUT2D eigenvalue weighted by molar-refractivity contribution is -0.138. The second kappa shape index (κ2) is 10.1. The summed E-state index contributed by atoms with van der Waals surface area (Å²) in [6, 6.07) is 13.4. The Morgan fingerprint density at radius 1 is 1.15 bits per heavy atom. The van der Waals surface area contributed by atoms with Gasteiger partial charge in [0, 0.05) is 19.3 Å². The van der Waals surface area contributed by atoms with Crippen molar-refractivity contribution in [1.82, 2.24) is 10.2 Å². The Bertz CT molecular complexity index is 780. The second-order valence-electron chi connectivity index (χ2n) is 6.36. The summed E-state index contributed by atoms with van der Waals surface area (Å²) in [5.41, 5.74) is 3.17. The summed E-state index contributed by atoms with van der Waals surface area (Å²) < 4.78 is 13.1. The smallest absolute Gasteiger partial charge is 0.242 e. The number of hydrogen-bond donors (Lipinski definition) is 1. The van der Waals surface area contributed by atoms with Gasteiger partial charge in [0.15, 0.2) is 0 Å². The van der Waals surface area contributed by atoms with Crippen LogP contribution in [0.2, 0.25) is 0 Å². The topological polar surface area (TPSA) is 49.4 Å². The minimum atomic E-state index is -0.605. The van der Waals surface area contributed by atoms with Gasteiger partial charge in [-0.05, 0) is 42.7 Å². The number of carbonyl (C=O) groups excluding carboxylic acids is 2. The van der Waals surface area contributed by atoms with Crippen LogP contribution in [0.5, 0.6) is 0 Å². The molecule has 0 spiro atoms. The number of amides is 2. The standard InChI is InChI=1S/C21H25FN2O2S/c1-15-6-4-5-7-18(15)13-27-14-20(25)24(16(2)21(26)23-3)12-17-8-10-19(22)11-9-17/h4-11,16H,12-14H2,1-3H3,(H,23,26)/t16-/m1/s1. The van der Waals surface area contributed by atoms with Crippen molar-refractivity contribution in [2.45, 2.75) is 32.2 Å². The van der Waals surface area contributed by atoms with Crippen LogP contribution >= 0.6 is 11.8 Å². The second-order valence-corrected chi connectivity index (χ2v) is 7.34. The zero-order valence-corrected chi connectivity index (χ0v) is 16.7. The van der Waals surface area contributed by atoms with Crippen molar-refractivity contribution in [3.63, 3.8) is 0 Å². The minimum absolute atomic E-state index is 0.117. The molecule has 0 saturated heterocycles. The van der Waals surface area contributed by atoms with Crippen molar-refractivity contribution in [1.29, 1.82) is 0 Å². The summed E-state index contributed by atoms with van der Waals surface area (Å²) in [4.78, 5) is 26.4. The van der Waals surface area contributed by atoms with E-state index >= 15 is 0 Å². The van der Waals surface area contributed by atoms with Crippen molar-refractivity contribution < 1.29 is 14.0 Å². The largest absolute Gasteiger partial charge is 0.357 e. The third-order valence-electron chi connectivity index (χ3n) is 4.42. The normalized spacial score (nSPS) is 11.7. The van der Waals surface area contributed by atoms with Crippen LogP contribution in [-0.2, 0) is 21.9 Å². The highest BCUT2D eigenvalue weighted by Crippen LogP contribution is 2.18. The van der Waals surface area contributed by atoms with Crippen LogP contribution in [0.3, 0.4) is 0 Å². The lowest BCUT2D eigenvalue weighted by atomic mass is 10.1. The Morgan fingerprint density at radius 3 is 2.44 bits per heavy atom. The van der Waals surface area contributed by atoms with Crippen molar-refractivity contribution >= 4 is 23.6 Å². The predicted octanol–water partition coefficient (Wildman–Crippen LogP) is 3.53. The predicted molar refractivity (Wildman–Crippen MR) is 108 cm³/mol. The molecule has 1 atom stereocenters. The van der Waals surface area contributed by atoms with Crippen LogP contribution in [0.1, 0.15) is 23.6 Å². The van der Waals surface area contributed by atoms with E-state index in [0.717, 1.165) is 11.3 Å². The number of rotatable bonds is 8. The first kappa shape index (κ1) is 21.0. The maximum atomic E-state index is 13.1. The molecule has 144 valence electrons. The third-order valence-corrected chi connectivity index (χ3v) is 5.39. The molecular formula is C21H25FN2O2S. The Labute approximate surface area is 164 Å². The molecule has 2 amide bonds. The molecular weight excluding hydrogens is 363 g/mol. The summed E-state index contributed by atoms with van der Waals surface area (Å²) in [7, 11) is 1.55. The highest BCUT2D eigenvalue weighted by molar-refractivity contribution is 7.99. The summed E-state index contributed by atoms with van der Waals surface area (Å²) in [6.45, 7) is 4.01. The van der Waals surface area contributed by atoms with Gasteiger partial charge in [0.05, 0.1) is 5.75 Å². The highest BCUT2D eigenvalue weighted by Gasteiger charge is 2.25. The van der Waals surface area contributed by atoms with Gasteiger partial charge in [-0.2, -0.15) is 0 Å². The number of halogens is 1. The summed E-state index contributed by atoms with van der Waals surface area (Å²) in [6.07, 6.45) is 0. The van der Waals surface area contributed by atoms with Crippen molar-refractivity contribution in [2.75, 3.05) is 12.8 Å². The molecule has 0 saturated carbocycles. The van der Waals surface area contributed by atoms with Gasteiger partial charge < -0.3 is 10.2 Å². The minimum Gasteiger partial charge on any atom is -0.357 e. The highest BCUT2D eigenvalue weighted by atomic mass is 32.2. The zero-order valence-electron chi connectivity index (χ0n) is 15.9. The summed E-state index contributed by atoms with van der Waals surface area (Å²) in [5, 5.41) is 2.58. The average molecular weight is 389 g/mol.